The molecular formula is C13H26O2. The summed E-state index contributed by atoms with van der Waals surface area (Å²) >= 11 is 0. The lowest BCUT2D eigenvalue weighted by Gasteiger charge is -2.33. The highest BCUT2D eigenvalue weighted by Crippen LogP contribution is 2.33. The minimum absolute atomic E-state index is 0.0708. The lowest BCUT2D eigenvalue weighted by Crippen LogP contribution is -2.30. The second-order valence-electron chi connectivity index (χ2n) is 4.78. The molecule has 2 nitrogen and oxygen atoms in total. The molecule has 1 N–H and O–H groups in total. The molecule has 1 aliphatic carbocycles. The summed E-state index contributed by atoms with van der Waals surface area (Å²) in [5.41, 5.74) is 0. The number of aliphatic hydroxyl groups excluding tert-OH is 1. The molecule has 0 radical (unpaired) electrons. The van der Waals surface area contributed by atoms with E-state index < -0.39 is 0 Å². The van der Waals surface area contributed by atoms with Crippen LogP contribution >= 0.6 is 0 Å². The summed E-state index contributed by atoms with van der Waals surface area (Å²) in [7, 11) is 0. The van der Waals surface area contributed by atoms with Crippen LogP contribution in [0.3, 0.4) is 0 Å². The van der Waals surface area contributed by atoms with Crippen LogP contribution in [0.5, 0.6) is 0 Å². The number of ether oxygens (including phenoxy) is 1. The largest absolute Gasteiger partial charge is 0.393 e. The van der Waals surface area contributed by atoms with E-state index >= 15 is 0 Å². The molecule has 90 valence electrons. The van der Waals surface area contributed by atoms with E-state index in [1.165, 1.54) is 25.7 Å². The third-order valence-electron chi connectivity index (χ3n) is 3.58. The Morgan fingerprint density at radius 1 is 1.20 bits per heavy atom. The SMILES string of the molecule is CCCC1CCC(O)C(CCOCC)C1. The van der Waals surface area contributed by atoms with Gasteiger partial charge in [0.2, 0.25) is 0 Å². The van der Waals surface area contributed by atoms with Crippen molar-refractivity contribution in [1.29, 1.82) is 0 Å². The quantitative estimate of drug-likeness (QED) is 0.689. The molecule has 1 saturated carbocycles. The maximum atomic E-state index is 9.90. The van der Waals surface area contributed by atoms with Gasteiger partial charge in [-0.2, -0.15) is 0 Å². The Morgan fingerprint density at radius 2 is 2.00 bits per heavy atom. The second kappa shape index (κ2) is 7.24. The van der Waals surface area contributed by atoms with Crippen molar-refractivity contribution < 1.29 is 9.84 Å². The summed E-state index contributed by atoms with van der Waals surface area (Å²) in [6, 6.07) is 0. The van der Waals surface area contributed by atoms with Gasteiger partial charge in [0.15, 0.2) is 0 Å². The molecule has 0 amide bonds. The maximum absolute atomic E-state index is 9.90. The van der Waals surface area contributed by atoms with Crippen LogP contribution in [0, 0.1) is 11.8 Å². The highest BCUT2D eigenvalue weighted by Gasteiger charge is 2.28. The van der Waals surface area contributed by atoms with Crippen molar-refractivity contribution >= 4 is 0 Å². The Morgan fingerprint density at radius 3 is 2.67 bits per heavy atom. The fraction of sp³-hybridized carbons (Fsp3) is 1.00. The van der Waals surface area contributed by atoms with Gasteiger partial charge in [0.05, 0.1) is 6.10 Å². The Hall–Kier alpha value is -0.0800. The van der Waals surface area contributed by atoms with Crippen molar-refractivity contribution in [2.75, 3.05) is 13.2 Å². The van der Waals surface area contributed by atoms with Gasteiger partial charge in [-0.1, -0.05) is 19.8 Å². The molecule has 0 spiro atoms. The van der Waals surface area contributed by atoms with Crippen molar-refractivity contribution in [1.82, 2.24) is 0 Å². The minimum atomic E-state index is -0.0708. The molecule has 0 aliphatic heterocycles. The van der Waals surface area contributed by atoms with Crippen molar-refractivity contribution in [3.8, 4) is 0 Å². The number of rotatable bonds is 6. The highest BCUT2D eigenvalue weighted by molar-refractivity contribution is 4.79. The van der Waals surface area contributed by atoms with Crippen LogP contribution in [-0.2, 0) is 4.74 Å². The van der Waals surface area contributed by atoms with Gasteiger partial charge in [-0.25, -0.2) is 0 Å². The summed E-state index contributed by atoms with van der Waals surface area (Å²) < 4.78 is 5.37. The fourth-order valence-electron chi connectivity index (χ4n) is 2.70. The predicted octanol–water partition coefficient (Wildman–Crippen LogP) is 2.99. The van der Waals surface area contributed by atoms with Crippen molar-refractivity contribution in [3.05, 3.63) is 0 Å². The van der Waals surface area contributed by atoms with E-state index in [2.05, 4.69) is 6.92 Å². The first-order chi connectivity index (χ1) is 7.27. The van der Waals surface area contributed by atoms with E-state index in [1.807, 2.05) is 6.92 Å². The van der Waals surface area contributed by atoms with Gasteiger partial charge in [0.1, 0.15) is 0 Å². The Balaban J connectivity index is 2.26. The zero-order valence-corrected chi connectivity index (χ0v) is 10.2. The van der Waals surface area contributed by atoms with Crippen molar-refractivity contribution in [2.45, 2.75) is 58.5 Å². The van der Waals surface area contributed by atoms with Gasteiger partial charge in [0.25, 0.3) is 0 Å². The fourth-order valence-corrected chi connectivity index (χ4v) is 2.70. The molecule has 1 rings (SSSR count). The van der Waals surface area contributed by atoms with Gasteiger partial charge in [0, 0.05) is 13.2 Å². The molecule has 0 aromatic heterocycles. The van der Waals surface area contributed by atoms with E-state index in [0.29, 0.717) is 5.92 Å². The molecule has 3 atom stereocenters. The highest BCUT2D eigenvalue weighted by atomic mass is 16.5. The third-order valence-corrected chi connectivity index (χ3v) is 3.58. The lowest BCUT2D eigenvalue weighted by atomic mass is 9.76. The monoisotopic (exact) mass is 214 g/mol. The molecule has 0 aromatic carbocycles. The van der Waals surface area contributed by atoms with Crippen molar-refractivity contribution in [2.24, 2.45) is 11.8 Å². The average molecular weight is 214 g/mol. The lowest BCUT2D eigenvalue weighted by molar-refractivity contribution is 0.0233. The maximum Gasteiger partial charge on any atom is 0.0569 e. The van der Waals surface area contributed by atoms with Crippen LogP contribution in [0.15, 0.2) is 0 Å². The first kappa shape index (κ1) is 13.0. The Bertz CT molecular complexity index is 159. The van der Waals surface area contributed by atoms with Gasteiger partial charge in [-0.05, 0) is 44.4 Å². The molecule has 2 heteroatoms. The Kier molecular flexibility index (Phi) is 6.26. The van der Waals surface area contributed by atoms with E-state index in [1.54, 1.807) is 0 Å². The average Bonchev–Trinajstić information content (AvgIpc) is 2.23. The molecule has 1 aliphatic rings. The van der Waals surface area contributed by atoms with Crippen LogP contribution in [0.1, 0.15) is 52.4 Å². The second-order valence-corrected chi connectivity index (χ2v) is 4.78. The molecule has 3 unspecified atom stereocenters. The van der Waals surface area contributed by atoms with Gasteiger partial charge in [-0.15, -0.1) is 0 Å². The van der Waals surface area contributed by atoms with E-state index in [9.17, 15) is 5.11 Å². The number of hydrogen-bond acceptors (Lipinski definition) is 2. The van der Waals surface area contributed by atoms with Crippen LogP contribution in [-0.4, -0.2) is 24.4 Å². The Labute approximate surface area is 94.0 Å². The smallest absolute Gasteiger partial charge is 0.0569 e. The molecule has 0 aromatic rings. The van der Waals surface area contributed by atoms with E-state index in [0.717, 1.165) is 32.0 Å². The summed E-state index contributed by atoms with van der Waals surface area (Å²) in [6.07, 6.45) is 7.01. The standard InChI is InChI=1S/C13H26O2/c1-3-5-11-6-7-13(14)12(10-11)8-9-15-4-2/h11-14H,3-10H2,1-2H3. The summed E-state index contributed by atoms with van der Waals surface area (Å²) in [4.78, 5) is 0. The normalized spacial score (nSPS) is 31.8. The molecule has 1 fully saturated rings. The zero-order valence-electron chi connectivity index (χ0n) is 10.2. The van der Waals surface area contributed by atoms with Gasteiger partial charge >= 0.3 is 0 Å². The summed E-state index contributed by atoms with van der Waals surface area (Å²) in [6.45, 7) is 5.88. The van der Waals surface area contributed by atoms with Crippen LogP contribution in [0.4, 0.5) is 0 Å². The zero-order chi connectivity index (χ0) is 11.1. The van der Waals surface area contributed by atoms with E-state index in [-0.39, 0.29) is 6.10 Å². The van der Waals surface area contributed by atoms with Gasteiger partial charge in [-0.3, -0.25) is 0 Å². The topological polar surface area (TPSA) is 29.5 Å². The predicted molar refractivity (Wildman–Crippen MR) is 62.9 cm³/mol. The number of aliphatic hydroxyl groups is 1. The van der Waals surface area contributed by atoms with Crippen LogP contribution in [0.2, 0.25) is 0 Å². The van der Waals surface area contributed by atoms with Crippen LogP contribution in [0.25, 0.3) is 0 Å². The first-order valence-electron chi connectivity index (χ1n) is 6.53. The molecule has 0 saturated heterocycles. The molecule has 0 bridgehead atoms. The molecule has 0 heterocycles. The van der Waals surface area contributed by atoms with Crippen LogP contribution < -0.4 is 0 Å². The molecule has 15 heavy (non-hydrogen) atoms. The van der Waals surface area contributed by atoms with E-state index in [4.69, 9.17) is 4.74 Å². The summed E-state index contributed by atoms with van der Waals surface area (Å²) in [5, 5.41) is 9.90. The number of hydrogen-bond donors (Lipinski definition) is 1. The minimum Gasteiger partial charge on any atom is -0.393 e. The van der Waals surface area contributed by atoms with Gasteiger partial charge < -0.3 is 9.84 Å². The summed E-state index contributed by atoms with van der Waals surface area (Å²) in [5.74, 6) is 1.34. The van der Waals surface area contributed by atoms with Crippen molar-refractivity contribution in [3.63, 3.8) is 0 Å². The molecular weight excluding hydrogens is 188 g/mol. The third kappa shape index (κ3) is 4.52. The first-order valence-corrected chi connectivity index (χ1v) is 6.53.